The molecule has 0 atom stereocenters. The number of fused-ring (bicyclic) bond motifs is 2. The minimum Gasteiger partial charge on any atom is -0.368 e. The molecule has 4 aromatic rings. The zero-order valence-electron chi connectivity index (χ0n) is 20.1. The van der Waals surface area contributed by atoms with Gasteiger partial charge in [0, 0.05) is 42.2 Å². The molecule has 1 saturated carbocycles. The summed E-state index contributed by atoms with van der Waals surface area (Å²) in [5.74, 6) is -0.601. The minimum absolute atomic E-state index is 0.0250. The van der Waals surface area contributed by atoms with E-state index in [1.807, 2.05) is 30.3 Å². The number of aliphatic hydroxyl groups is 2. The van der Waals surface area contributed by atoms with Gasteiger partial charge in [0.2, 0.25) is 0 Å². The van der Waals surface area contributed by atoms with Crippen LogP contribution in [-0.2, 0) is 12.7 Å². The number of para-hydroxylation sites is 1. The van der Waals surface area contributed by atoms with Gasteiger partial charge in [-0.1, -0.05) is 18.2 Å². The summed E-state index contributed by atoms with van der Waals surface area (Å²) in [7, 11) is 0. The third kappa shape index (κ3) is 5.47. The SMILES string of the molecule is O=C(NCC1CCC(C(O)O)CC1)c1cc(C(F)(F)F)cc2ccn(Cc3cnc4ccccc4c3)c12. The molecule has 6 nitrogen and oxygen atoms in total. The molecule has 5 rings (SSSR count). The van der Waals surface area contributed by atoms with E-state index in [0.29, 0.717) is 49.7 Å². The van der Waals surface area contributed by atoms with E-state index >= 15 is 0 Å². The zero-order chi connectivity index (χ0) is 26.2. The molecule has 0 bridgehead atoms. The number of hydrogen-bond acceptors (Lipinski definition) is 4. The molecule has 3 N–H and O–H groups in total. The number of aromatic nitrogens is 2. The van der Waals surface area contributed by atoms with Crippen LogP contribution >= 0.6 is 0 Å². The molecule has 0 unspecified atom stereocenters. The van der Waals surface area contributed by atoms with Gasteiger partial charge in [0.1, 0.15) is 0 Å². The lowest BCUT2D eigenvalue weighted by Crippen LogP contribution is -2.33. The average Bonchev–Trinajstić information content (AvgIpc) is 3.29. The molecule has 1 aliphatic rings. The maximum Gasteiger partial charge on any atom is 0.416 e. The Morgan fingerprint density at radius 3 is 2.54 bits per heavy atom. The Balaban J connectivity index is 1.42. The van der Waals surface area contributed by atoms with Gasteiger partial charge in [-0.05, 0) is 67.5 Å². The number of rotatable bonds is 6. The summed E-state index contributed by atoms with van der Waals surface area (Å²) in [6.07, 6.45) is 0.188. The molecule has 2 aromatic heterocycles. The Hall–Kier alpha value is -3.43. The predicted molar refractivity (Wildman–Crippen MR) is 134 cm³/mol. The third-order valence-corrected chi connectivity index (χ3v) is 7.30. The number of aliphatic hydroxyl groups excluding tert-OH is 1. The minimum atomic E-state index is -4.59. The van der Waals surface area contributed by atoms with Crippen LogP contribution in [0, 0.1) is 11.8 Å². The number of hydrogen-bond donors (Lipinski definition) is 3. The monoisotopic (exact) mass is 511 g/mol. The second-order valence-electron chi connectivity index (χ2n) is 9.84. The van der Waals surface area contributed by atoms with Crippen molar-refractivity contribution in [2.75, 3.05) is 6.54 Å². The third-order valence-electron chi connectivity index (χ3n) is 7.30. The highest BCUT2D eigenvalue weighted by Crippen LogP contribution is 2.35. The fourth-order valence-corrected chi connectivity index (χ4v) is 5.24. The van der Waals surface area contributed by atoms with Crippen molar-refractivity contribution in [2.24, 2.45) is 11.8 Å². The van der Waals surface area contributed by atoms with E-state index in [1.54, 1.807) is 23.0 Å². The fourth-order valence-electron chi connectivity index (χ4n) is 5.24. The van der Waals surface area contributed by atoms with E-state index in [2.05, 4.69) is 10.3 Å². The van der Waals surface area contributed by atoms with Gasteiger partial charge < -0.3 is 20.1 Å². The smallest absolute Gasteiger partial charge is 0.368 e. The molecule has 37 heavy (non-hydrogen) atoms. The lowest BCUT2D eigenvalue weighted by molar-refractivity contribution is -0.137. The van der Waals surface area contributed by atoms with E-state index in [4.69, 9.17) is 0 Å². The topological polar surface area (TPSA) is 87.4 Å². The van der Waals surface area contributed by atoms with Crippen LogP contribution in [0.25, 0.3) is 21.8 Å². The normalized spacial score (nSPS) is 18.5. The Bertz CT molecular complexity index is 1420. The van der Waals surface area contributed by atoms with Gasteiger partial charge >= 0.3 is 6.18 Å². The van der Waals surface area contributed by atoms with Crippen molar-refractivity contribution in [3.8, 4) is 0 Å². The number of carbonyl (C=O) groups is 1. The van der Waals surface area contributed by atoms with Gasteiger partial charge in [-0.2, -0.15) is 13.2 Å². The molecule has 2 aromatic carbocycles. The maximum absolute atomic E-state index is 13.7. The average molecular weight is 512 g/mol. The molecule has 0 radical (unpaired) electrons. The van der Waals surface area contributed by atoms with Gasteiger partial charge in [-0.15, -0.1) is 0 Å². The molecule has 1 aliphatic carbocycles. The van der Waals surface area contributed by atoms with Crippen LogP contribution in [0.4, 0.5) is 13.2 Å². The summed E-state index contributed by atoms with van der Waals surface area (Å²) in [6.45, 7) is 0.667. The molecule has 0 saturated heterocycles. The van der Waals surface area contributed by atoms with Crippen molar-refractivity contribution in [2.45, 2.75) is 44.7 Å². The summed E-state index contributed by atoms with van der Waals surface area (Å²) >= 11 is 0. The molecule has 194 valence electrons. The molecular formula is C28H28F3N3O3. The highest BCUT2D eigenvalue weighted by Gasteiger charge is 2.33. The number of nitrogens with zero attached hydrogens (tertiary/aromatic N) is 2. The van der Waals surface area contributed by atoms with Crippen molar-refractivity contribution in [1.82, 2.24) is 14.9 Å². The number of halogens is 3. The number of pyridine rings is 1. The van der Waals surface area contributed by atoms with Crippen LogP contribution in [0.5, 0.6) is 0 Å². The van der Waals surface area contributed by atoms with Gasteiger partial charge in [0.05, 0.1) is 22.2 Å². The quantitative estimate of drug-likeness (QED) is 0.314. The number of amides is 1. The van der Waals surface area contributed by atoms with E-state index in [-0.39, 0.29) is 17.4 Å². The number of alkyl halides is 3. The van der Waals surface area contributed by atoms with E-state index in [9.17, 15) is 28.2 Å². The molecule has 0 aliphatic heterocycles. The van der Waals surface area contributed by atoms with Gasteiger partial charge in [-0.25, -0.2) is 0 Å². The highest BCUT2D eigenvalue weighted by atomic mass is 19.4. The van der Waals surface area contributed by atoms with Crippen molar-refractivity contribution in [3.63, 3.8) is 0 Å². The Morgan fingerprint density at radius 2 is 1.81 bits per heavy atom. The largest absolute Gasteiger partial charge is 0.416 e. The van der Waals surface area contributed by atoms with Gasteiger partial charge in [-0.3, -0.25) is 9.78 Å². The second-order valence-corrected chi connectivity index (χ2v) is 9.84. The molecular weight excluding hydrogens is 483 g/mol. The number of nitrogens with one attached hydrogen (secondary N) is 1. The predicted octanol–water partition coefficient (Wildman–Crippen LogP) is 5.10. The van der Waals surface area contributed by atoms with Crippen molar-refractivity contribution >= 4 is 27.7 Å². The van der Waals surface area contributed by atoms with Crippen LogP contribution in [0.1, 0.15) is 47.2 Å². The summed E-state index contributed by atoms with van der Waals surface area (Å²) in [6, 6.07) is 13.2. The first kappa shape index (κ1) is 25.2. The molecule has 0 spiro atoms. The summed E-state index contributed by atoms with van der Waals surface area (Å²) in [5, 5.41) is 22.9. The van der Waals surface area contributed by atoms with Crippen LogP contribution in [0.3, 0.4) is 0 Å². The van der Waals surface area contributed by atoms with Crippen LogP contribution in [0.15, 0.2) is 60.9 Å². The van der Waals surface area contributed by atoms with Crippen LogP contribution in [0.2, 0.25) is 0 Å². The van der Waals surface area contributed by atoms with Crippen LogP contribution < -0.4 is 5.32 Å². The Kier molecular flexibility index (Phi) is 6.92. The first-order valence-electron chi connectivity index (χ1n) is 12.4. The molecule has 9 heteroatoms. The van der Waals surface area contributed by atoms with Crippen LogP contribution in [-0.4, -0.2) is 38.5 Å². The Labute approximate surface area is 211 Å². The fraction of sp³-hybridized carbons (Fsp3) is 0.357. The van der Waals surface area contributed by atoms with Gasteiger partial charge in [0.15, 0.2) is 6.29 Å². The van der Waals surface area contributed by atoms with Crippen molar-refractivity contribution in [1.29, 1.82) is 0 Å². The standard InChI is InChI=1S/C28H28F3N3O3/c29-28(30,31)22-12-21-9-10-34(16-18-11-20-3-1-2-4-24(20)32-15-18)25(21)23(13-22)26(35)33-14-17-5-7-19(8-6-17)27(36)37/h1-4,9-13,15,17,19,27,36-37H,5-8,14,16H2,(H,33,35). The first-order valence-corrected chi connectivity index (χ1v) is 12.4. The molecule has 2 heterocycles. The van der Waals surface area contributed by atoms with Gasteiger partial charge in [0.25, 0.3) is 5.91 Å². The summed E-state index contributed by atoms with van der Waals surface area (Å²) in [5.41, 5.74) is 1.26. The summed E-state index contributed by atoms with van der Waals surface area (Å²) < 4.78 is 42.7. The second kappa shape index (κ2) is 10.1. The van der Waals surface area contributed by atoms with Crippen molar-refractivity contribution in [3.05, 3.63) is 77.6 Å². The van der Waals surface area contributed by atoms with E-state index in [1.165, 1.54) is 0 Å². The van der Waals surface area contributed by atoms with E-state index in [0.717, 1.165) is 28.6 Å². The molecule has 1 fully saturated rings. The number of benzene rings is 2. The maximum atomic E-state index is 13.7. The zero-order valence-corrected chi connectivity index (χ0v) is 20.1. The lowest BCUT2D eigenvalue weighted by Gasteiger charge is -2.29. The molecule has 1 amide bonds. The Morgan fingerprint density at radius 1 is 1.05 bits per heavy atom. The van der Waals surface area contributed by atoms with Crippen molar-refractivity contribution < 1.29 is 28.2 Å². The lowest BCUT2D eigenvalue weighted by atomic mass is 9.81. The summed E-state index contributed by atoms with van der Waals surface area (Å²) in [4.78, 5) is 17.7. The van der Waals surface area contributed by atoms with E-state index < -0.39 is 23.9 Å². The first-order chi connectivity index (χ1) is 17.7. The number of carbonyl (C=O) groups excluding carboxylic acids is 1. The highest BCUT2D eigenvalue weighted by molar-refractivity contribution is 6.06.